The van der Waals surface area contributed by atoms with Gasteiger partial charge < -0.3 is 10.8 Å². The van der Waals surface area contributed by atoms with Crippen molar-refractivity contribution >= 4 is 12.4 Å². The first-order chi connectivity index (χ1) is 7.06. The summed E-state index contributed by atoms with van der Waals surface area (Å²) in [6.07, 6.45) is 3.15. The third kappa shape index (κ3) is 3.51. The average Bonchev–Trinajstić information content (AvgIpc) is 2.19. The highest BCUT2D eigenvalue weighted by atomic mass is 35.5. The lowest BCUT2D eigenvalue weighted by Crippen LogP contribution is -2.10. The SMILES string of the molecule is C=CCC[C@H](N)c1cc(C)cc(F)c1O.Cl. The van der Waals surface area contributed by atoms with Crippen LogP contribution in [0, 0.1) is 12.7 Å². The van der Waals surface area contributed by atoms with Gasteiger partial charge in [0.2, 0.25) is 0 Å². The van der Waals surface area contributed by atoms with Gasteiger partial charge in [-0.3, -0.25) is 0 Å². The van der Waals surface area contributed by atoms with E-state index in [-0.39, 0.29) is 24.2 Å². The van der Waals surface area contributed by atoms with E-state index in [9.17, 15) is 9.50 Å². The quantitative estimate of drug-likeness (QED) is 0.800. The van der Waals surface area contributed by atoms with Gasteiger partial charge in [0.05, 0.1) is 0 Å². The maximum absolute atomic E-state index is 13.2. The Morgan fingerprint density at radius 3 is 2.75 bits per heavy atom. The maximum Gasteiger partial charge on any atom is 0.165 e. The minimum absolute atomic E-state index is 0. The highest BCUT2D eigenvalue weighted by Gasteiger charge is 2.14. The minimum atomic E-state index is -0.612. The summed E-state index contributed by atoms with van der Waals surface area (Å²) in [5, 5.41) is 9.51. The molecule has 4 heteroatoms. The van der Waals surface area contributed by atoms with Crippen LogP contribution in [0.1, 0.15) is 30.0 Å². The van der Waals surface area contributed by atoms with Crippen molar-refractivity contribution in [3.8, 4) is 5.75 Å². The van der Waals surface area contributed by atoms with E-state index in [1.54, 1.807) is 19.1 Å². The Hall–Kier alpha value is -1.06. The van der Waals surface area contributed by atoms with Gasteiger partial charge in [0, 0.05) is 11.6 Å². The van der Waals surface area contributed by atoms with Crippen LogP contribution in [0.5, 0.6) is 5.75 Å². The van der Waals surface area contributed by atoms with Crippen LogP contribution in [0.2, 0.25) is 0 Å². The first kappa shape index (κ1) is 14.9. The number of nitrogens with two attached hydrogens (primary N) is 1. The summed E-state index contributed by atoms with van der Waals surface area (Å²) in [4.78, 5) is 0. The fourth-order valence-corrected chi connectivity index (χ4v) is 1.50. The minimum Gasteiger partial charge on any atom is -0.505 e. The number of phenols is 1. The van der Waals surface area contributed by atoms with Crippen molar-refractivity contribution in [3.63, 3.8) is 0 Å². The molecule has 0 aliphatic heterocycles. The fourth-order valence-electron chi connectivity index (χ4n) is 1.50. The van der Waals surface area contributed by atoms with Gasteiger partial charge in [-0.1, -0.05) is 12.1 Å². The Balaban J connectivity index is 0.00000225. The highest BCUT2D eigenvalue weighted by molar-refractivity contribution is 5.85. The van der Waals surface area contributed by atoms with Gasteiger partial charge in [0.15, 0.2) is 11.6 Å². The molecule has 0 spiro atoms. The van der Waals surface area contributed by atoms with Crippen LogP contribution < -0.4 is 5.73 Å². The van der Waals surface area contributed by atoms with Crippen molar-refractivity contribution in [2.45, 2.75) is 25.8 Å². The van der Waals surface area contributed by atoms with Gasteiger partial charge in [-0.15, -0.1) is 19.0 Å². The van der Waals surface area contributed by atoms with Crippen molar-refractivity contribution in [2.24, 2.45) is 5.73 Å². The second-order valence-electron chi connectivity index (χ2n) is 3.66. The molecule has 0 saturated carbocycles. The largest absolute Gasteiger partial charge is 0.505 e. The molecule has 1 atom stereocenters. The number of halogens is 2. The molecule has 0 heterocycles. The van der Waals surface area contributed by atoms with Crippen molar-refractivity contribution in [1.82, 2.24) is 0 Å². The van der Waals surface area contributed by atoms with Crippen LogP contribution in [0.15, 0.2) is 24.8 Å². The predicted octanol–water partition coefficient (Wildman–Crippen LogP) is 3.23. The van der Waals surface area contributed by atoms with E-state index in [0.717, 1.165) is 12.0 Å². The van der Waals surface area contributed by atoms with E-state index in [1.165, 1.54) is 6.07 Å². The molecule has 90 valence electrons. The molecular formula is C12H17ClFNO. The summed E-state index contributed by atoms with van der Waals surface area (Å²) in [6.45, 7) is 5.36. The second-order valence-corrected chi connectivity index (χ2v) is 3.66. The van der Waals surface area contributed by atoms with E-state index in [0.29, 0.717) is 12.0 Å². The van der Waals surface area contributed by atoms with E-state index in [1.807, 2.05) is 0 Å². The number of allylic oxidation sites excluding steroid dienone is 1. The van der Waals surface area contributed by atoms with Gasteiger partial charge in [0.1, 0.15) is 0 Å². The summed E-state index contributed by atoms with van der Waals surface area (Å²) in [5.41, 5.74) is 7.07. The molecule has 0 radical (unpaired) electrons. The molecule has 1 aromatic rings. The molecule has 3 N–H and O–H groups in total. The molecule has 1 rings (SSSR count). The van der Waals surface area contributed by atoms with Crippen molar-refractivity contribution in [1.29, 1.82) is 0 Å². The normalized spacial score (nSPS) is 11.7. The van der Waals surface area contributed by atoms with Gasteiger partial charge in [0.25, 0.3) is 0 Å². The number of rotatable bonds is 4. The first-order valence-corrected chi connectivity index (χ1v) is 4.91. The smallest absolute Gasteiger partial charge is 0.165 e. The number of hydrogen-bond donors (Lipinski definition) is 2. The summed E-state index contributed by atoms with van der Waals surface area (Å²) in [7, 11) is 0. The zero-order valence-electron chi connectivity index (χ0n) is 9.24. The lowest BCUT2D eigenvalue weighted by molar-refractivity contribution is 0.418. The Morgan fingerprint density at radius 2 is 2.19 bits per heavy atom. The Labute approximate surface area is 101 Å². The molecule has 1 aromatic carbocycles. The fraction of sp³-hybridized carbons (Fsp3) is 0.333. The zero-order chi connectivity index (χ0) is 11.4. The number of phenolic OH excluding ortho intramolecular Hbond substituents is 1. The van der Waals surface area contributed by atoms with Crippen LogP contribution in [-0.2, 0) is 0 Å². The molecule has 0 aromatic heterocycles. The van der Waals surface area contributed by atoms with Crippen molar-refractivity contribution < 1.29 is 9.50 Å². The zero-order valence-corrected chi connectivity index (χ0v) is 10.1. The summed E-state index contributed by atoms with van der Waals surface area (Å²) < 4.78 is 13.2. The molecule has 0 unspecified atom stereocenters. The number of hydrogen-bond acceptors (Lipinski definition) is 2. The topological polar surface area (TPSA) is 46.2 Å². The Morgan fingerprint density at radius 1 is 1.56 bits per heavy atom. The van der Waals surface area contributed by atoms with E-state index < -0.39 is 5.82 Å². The molecule has 0 saturated heterocycles. The van der Waals surface area contributed by atoms with Gasteiger partial charge in [-0.05, 0) is 31.4 Å². The third-order valence-corrected chi connectivity index (χ3v) is 2.32. The number of aromatic hydroxyl groups is 1. The first-order valence-electron chi connectivity index (χ1n) is 4.91. The van der Waals surface area contributed by atoms with Crippen LogP contribution in [0.4, 0.5) is 4.39 Å². The van der Waals surface area contributed by atoms with Crippen LogP contribution >= 0.6 is 12.4 Å². The maximum atomic E-state index is 13.2. The third-order valence-electron chi connectivity index (χ3n) is 2.32. The van der Waals surface area contributed by atoms with Crippen molar-refractivity contribution in [2.75, 3.05) is 0 Å². The molecule has 0 fully saturated rings. The lowest BCUT2D eigenvalue weighted by Gasteiger charge is -2.14. The molecular weight excluding hydrogens is 229 g/mol. The molecule has 0 aliphatic carbocycles. The second kappa shape index (κ2) is 6.51. The lowest BCUT2D eigenvalue weighted by atomic mass is 9.99. The highest BCUT2D eigenvalue weighted by Crippen LogP contribution is 2.29. The molecule has 0 bridgehead atoms. The number of benzene rings is 1. The van der Waals surface area contributed by atoms with Gasteiger partial charge in [-0.25, -0.2) is 4.39 Å². The molecule has 16 heavy (non-hydrogen) atoms. The van der Waals surface area contributed by atoms with Gasteiger partial charge >= 0.3 is 0 Å². The van der Waals surface area contributed by atoms with E-state index >= 15 is 0 Å². The monoisotopic (exact) mass is 245 g/mol. The average molecular weight is 246 g/mol. The van der Waals surface area contributed by atoms with Crippen LogP contribution in [-0.4, -0.2) is 5.11 Å². The van der Waals surface area contributed by atoms with E-state index in [4.69, 9.17) is 5.73 Å². The Kier molecular flexibility index (Phi) is 6.08. The molecule has 2 nitrogen and oxygen atoms in total. The predicted molar refractivity (Wildman–Crippen MR) is 66.4 cm³/mol. The standard InChI is InChI=1S/C12H16FNO.ClH/c1-3-4-5-11(14)9-6-8(2)7-10(13)12(9)15;/h3,6-7,11,15H,1,4-5,14H2,2H3;1H/t11-;/m0./s1. The van der Waals surface area contributed by atoms with Crippen LogP contribution in [0.3, 0.4) is 0 Å². The van der Waals surface area contributed by atoms with E-state index in [2.05, 4.69) is 6.58 Å². The van der Waals surface area contributed by atoms with Gasteiger partial charge in [-0.2, -0.15) is 0 Å². The van der Waals surface area contributed by atoms with Crippen molar-refractivity contribution in [3.05, 3.63) is 41.7 Å². The summed E-state index contributed by atoms with van der Waals surface area (Å²) >= 11 is 0. The summed E-state index contributed by atoms with van der Waals surface area (Å²) in [6, 6.07) is 2.66. The molecule has 0 amide bonds. The Bertz CT molecular complexity index is 368. The molecule has 0 aliphatic rings. The summed E-state index contributed by atoms with van der Waals surface area (Å²) in [5.74, 6) is -0.948. The van der Waals surface area contributed by atoms with Crippen LogP contribution in [0.25, 0.3) is 0 Å². The number of aryl methyl sites for hydroxylation is 1.